The van der Waals surface area contributed by atoms with Crippen molar-refractivity contribution in [3.63, 3.8) is 0 Å². The van der Waals surface area contributed by atoms with E-state index in [1.54, 1.807) is 12.2 Å². The number of nitrogens with one attached hydrogen (secondary N) is 1. The van der Waals surface area contributed by atoms with Crippen LogP contribution in [0.2, 0.25) is 0 Å². The van der Waals surface area contributed by atoms with E-state index in [1.807, 2.05) is 80.9 Å². The Balaban J connectivity index is -0.000000841. The largest absolute Gasteiger partial charge is 0.465 e. The van der Waals surface area contributed by atoms with Crippen LogP contribution in [0.5, 0.6) is 0 Å². The molecule has 0 spiro atoms. The van der Waals surface area contributed by atoms with Gasteiger partial charge in [-0.1, -0.05) is 84.2 Å². The maximum absolute atomic E-state index is 11.6. The number of nitrogens with two attached hydrogens (primary N) is 2. The number of allylic oxidation sites excluding steroid dienone is 2. The molecule has 0 aliphatic heterocycles. The van der Waals surface area contributed by atoms with Crippen LogP contribution in [0.1, 0.15) is 67.0 Å². The summed E-state index contributed by atoms with van der Waals surface area (Å²) in [5, 5.41) is 10.5. The van der Waals surface area contributed by atoms with Crippen molar-refractivity contribution in [2.45, 2.75) is 61.4 Å². The monoisotopic (exact) mass is 585 g/mol. The van der Waals surface area contributed by atoms with Gasteiger partial charge in [0.05, 0.1) is 24.8 Å². The fourth-order valence-corrected chi connectivity index (χ4v) is 2.92. The molecule has 0 saturated carbocycles. The number of ether oxygens (including phenoxy) is 1. The number of carbonyl (C=O) groups is 2. The van der Waals surface area contributed by atoms with Gasteiger partial charge < -0.3 is 31.2 Å². The normalized spacial score (nSPS) is 10.9. The van der Waals surface area contributed by atoms with Gasteiger partial charge in [0.1, 0.15) is 5.82 Å². The van der Waals surface area contributed by atoms with E-state index in [1.165, 1.54) is 7.05 Å². The van der Waals surface area contributed by atoms with Crippen LogP contribution >= 0.6 is 0 Å². The van der Waals surface area contributed by atoms with Crippen molar-refractivity contribution in [3.8, 4) is 0 Å². The van der Waals surface area contributed by atoms with Gasteiger partial charge in [0.25, 0.3) is 0 Å². The molecule has 1 aromatic carbocycles. The molecule has 2 aromatic rings. The van der Waals surface area contributed by atoms with Crippen molar-refractivity contribution in [3.05, 3.63) is 72.4 Å². The molecule has 0 fully saturated rings. The summed E-state index contributed by atoms with van der Waals surface area (Å²) in [7, 11) is 1.35. The number of carboxylic acid groups (broad SMARTS) is 1. The van der Waals surface area contributed by atoms with E-state index in [-0.39, 0.29) is 12.6 Å². The van der Waals surface area contributed by atoms with Gasteiger partial charge >= 0.3 is 6.09 Å². The first-order valence-electron chi connectivity index (χ1n) is 14.0. The summed E-state index contributed by atoms with van der Waals surface area (Å²) < 4.78 is 7.78. The number of nitrogens with zero attached hydrogens (tertiary/aromatic N) is 2. The molecule has 42 heavy (non-hydrogen) atoms. The fraction of sp³-hybridized carbons (Fsp3) is 0.424. The lowest BCUT2D eigenvalue weighted by molar-refractivity contribution is -0.114. The third kappa shape index (κ3) is 17.7. The Morgan fingerprint density at radius 3 is 2.02 bits per heavy atom. The van der Waals surface area contributed by atoms with Crippen molar-refractivity contribution < 1.29 is 19.4 Å². The van der Waals surface area contributed by atoms with Crippen molar-refractivity contribution in [2.24, 2.45) is 22.4 Å². The van der Waals surface area contributed by atoms with Gasteiger partial charge in [0.15, 0.2) is 0 Å². The lowest BCUT2D eigenvalue weighted by Gasteiger charge is -2.17. The zero-order valence-corrected chi connectivity index (χ0v) is 27.2. The van der Waals surface area contributed by atoms with E-state index in [0.717, 1.165) is 28.0 Å². The number of hydrogen-bond acceptors (Lipinski definition) is 5. The van der Waals surface area contributed by atoms with Crippen LogP contribution in [0.4, 0.5) is 10.6 Å². The third-order valence-electron chi connectivity index (χ3n) is 4.85. The molecule has 9 nitrogen and oxygen atoms in total. The number of fused-ring (bicyclic) bond motifs is 1. The molecule has 1 aromatic heterocycles. The Labute approximate surface area is 253 Å². The molecule has 0 radical (unpaired) electrons. The summed E-state index contributed by atoms with van der Waals surface area (Å²) in [6.45, 7) is 28.7. The average molecular weight is 586 g/mol. The van der Waals surface area contributed by atoms with Crippen LogP contribution < -0.4 is 16.8 Å². The molecule has 6 N–H and O–H groups in total. The Morgan fingerprint density at radius 1 is 1.14 bits per heavy atom. The van der Waals surface area contributed by atoms with Gasteiger partial charge in [-0.25, -0.2) is 9.79 Å². The quantitative estimate of drug-likeness (QED) is 0.100. The van der Waals surface area contributed by atoms with Gasteiger partial charge in [-0.05, 0) is 51.1 Å². The minimum Gasteiger partial charge on any atom is -0.465 e. The van der Waals surface area contributed by atoms with E-state index in [9.17, 15) is 9.59 Å². The molecule has 0 aliphatic rings. The number of primary amides is 1. The van der Waals surface area contributed by atoms with E-state index in [2.05, 4.69) is 45.6 Å². The molecule has 2 amide bonds. The predicted molar refractivity (Wildman–Crippen MR) is 182 cm³/mol. The molecule has 0 bridgehead atoms. The van der Waals surface area contributed by atoms with Crippen LogP contribution in [0.15, 0.2) is 71.8 Å². The number of hydrogen-bond donors (Lipinski definition) is 4. The molecule has 0 saturated heterocycles. The molecule has 2 rings (SSSR count). The maximum Gasteiger partial charge on any atom is 0.404 e. The summed E-state index contributed by atoms with van der Waals surface area (Å²) in [5.74, 6) is 0.922. The second-order valence-electron chi connectivity index (χ2n) is 9.20. The average Bonchev–Trinajstić information content (AvgIpc) is 3.29. The minimum atomic E-state index is -0.995. The van der Waals surface area contributed by atoms with Gasteiger partial charge in [0.2, 0.25) is 5.91 Å². The SMILES string of the molecule is C/C=C\C.C=CC(=C)COCC(C)n1c(N=C)c(/C=C(\CN)C(N)=O)c2ccccc21.CC.CC(C)C.CNC(=O)O. The second-order valence-corrected chi connectivity index (χ2v) is 9.20. The molecule has 236 valence electrons. The first kappa shape index (κ1) is 42.5. The van der Waals surface area contributed by atoms with Gasteiger partial charge in [-0.3, -0.25) is 4.79 Å². The number of benzene rings is 1. The number of aliphatic imine (C=N–C) groups is 1. The number of para-hydroxylation sites is 1. The highest BCUT2D eigenvalue weighted by Crippen LogP contribution is 2.36. The van der Waals surface area contributed by atoms with Crippen LogP contribution in [-0.4, -0.2) is 55.2 Å². The summed E-state index contributed by atoms with van der Waals surface area (Å²) in [4.78, 5) is 25.1. The third-order valence-corrected chi connectivity index (χ3v) is 4.85. The van der Waals surface area contributed by atoms with Crippen LogP contribution in [-0.2, 0) is 9.53 Å². The standard InChI is InChI=1S/C21H26N4O2.C4H10.C4H8.C2H5NO2.C2H6/c1-5-14(2)12-27-13-15(3)25-19-9-7-6-8-17(19)18(21(25)24-4)10-16(11-22)20(23)26;1-4(2)3;1-3-4-2;1-3-2(4)5;1-2/h5-10,15H,1-2,4,11-13,22H2,3H3,(H2,23,26);4H,1-3H3;3-4H,1-2H3;3H,1H3,(H,4,5);1-2H3/b16-10+;;4-3-;;. The van der Waals surface area contributed by atoms with Gasteiger partial charge in [0, 0.05) is 30.1 Å². The number of amides is 2. The topological polar surface area (TPSA) is 145 Å². The number of aromatic nitrogens is 1. The molecule has 1 atom stereocenters. The van der Waals surface area contributed by atoms with Gasteiger partial charge in [-0.15, -0.1) is 0 Å². The lowest BCUT2D eigenvalue weighted by Crippen LogP contribution is -2.20. The highest BCUT2D eigenvalue weighted by Gasteiger charge is 2.20. The predicted octanol–water partition coefficient (Wildman–Crippen LogP) is 7.28. The molecule has 1 heterocycles. The number of rotatable bonds is 10. The Hall–Kier alpha value is -3.95. The second kappa shape index (κ2) is 26.0. The van der Waals surface area contributed by atoms with E-state index in [4.69, 9.17) is 21.3 Å². The van der Waals surface area contributed by atoms with Crippen molar-refractivity contribution >= 4 is 41.5 Å². The molecule has 9 heteroatoms. The first-order valence-corrected chi connectivity index (χ1v) is 14.0. The molecular weight excluding hydrogens is 530 g/mol. The van der Waals surface area contributed by atoms with Crippen molar-refractivity contribution in [1.29, 1.82) is 0 Å². The summed E-state index contributed by atoms with van der Waals surface area (Å²) >= 11 is 0. The first-order chi connectivity index (χ1) is 19.9. The van der Waals surface area contributed by atoms with Crippen molar-refractivity contribution in [2.75, 3.05) is 26.8 Å². The summed E-state index contributed by atoms with van der Waals surface area (Å²) in [6.07, 6.45) is 6.37. The van der Waals surface area contributed by atoms with Gasteiger partial charge in [-0.2, -0.15) is 0 Å². The minimum absolute atomic E-state index is 0.0231. The zero-order chi connectivity index (χ0) is 33.3. The van der Waals surface area contributed by atoms with E-state index >= 15 is 0 Å². The Kier molecular flexibility index (Phi) is 26.3. The molecular formula is C33H55N5O4. The summed E-state index contributed by atoms with van der Waals surface area (Å²) in [5.41, 5.74) is 14.0. The van der Waals surface area contributed by atoms with Crippen molar-refractivity contribution in [1.82, 2.24) is 9.88 Å². The molecule has 0 aliphatic carbocycles. The van der Waals surface area contributed by atoms with E-state index in [0.29, 0.717) is 24.6 Å². The zero-order valence-electron chi connectivity index (χ0n) is 27.2. The Morgan fingerprint density at radius 2 is 1.64 bits per heavy atom. The highest BCUT2D eigenvalue weighted by atomic mass is 16.5. The van der Waals surface area contributed by atoms with Crippen LogP contribution in [0, 0.1) is 5.92 Å². The maximum atomic E-state index is 11.6. The summed E-state index contributed by atoms with van der Waals surface area (Å²) in [6, 6.07) is 7.81. The number of carbonyl (C=O) groups excluding carboxylic acids is 1. The smallest absolute Gasteiger partial charge is 0.404 e. The Bertz CT molecular complexity index is 1140. The highest BCUT2D eigenvalue weighted by molar-refractivity contribution is 6.03. The lowest BCUT2D eigenvalue weighted by atomic mass is 10.1. The molecule has 1 unspecified atom stereocenters. The van der Waals surface area contributed by atoms with E-state index < -0.39 is 12.0 Å². The fourth-order valence-electron chi connectivity index (χ4n) is 2.92. The van der Waals surface area contributed by atoms with Crippen LogP contribution in [0.25, 0.3) is 17.0 Å². The van der Waals surface area contributed by atoms with Crippen LogP contribution in [0.3, 0.4) is 0 Å².